The van der Waals surface area contributed by atoms with Crippen molar-refractivity contribution < 1.29 is 39.0 Å². The fourth-order valence-electron chi connectivity index (χ4n) is 2.61. The Hall–Kier alpha value is -3.26. The third-order valence-electron chi connectivity index (χ3n) is 4.18. The Morgan fingerprint density at radius 2 is 1.28 bits per heavy atom. The molecule has 0 aromatic rings. The Bertz CT molecular complexity index is 726. The van der Waals surface area contributed by atoms with Gasteiger partial charge in [0.15, 0.2) is 0 Å². The highest BCUT2D eigenvalue weighted by Crippen LogP contribution is 2.06. The van der Waals surface area contributed by atoms with Crippen LogP contribution in [-0.2, 0) is 28.8 Å². The van der Waals surface area contributed by atoms with E-state index in [4.69, 9.17) is 17.2 Å². The molecule has 0 aromatic heterocycles. The van der Waals surface area contributed by atoms with Crippen LogP contribution in [0.2, 0.25) is 0 Å². The molecular formula is C18H32N6O8. The molecule has 0 aromatic carbocycles. The summed E-state index contributed by atoms with van der Waals surface area (Å²) in [4.78, 5) is 70.8. The number of hydrogen-bond donors (Lipinski definition) is 8. The van der Waals surface area contributed by atoms with Crippen LogP contribution in [-0.4, -0.2) is 76.0 Å². The Kier molecular flexibility index (Phi) is 11.9. The first-order valence-electron chi connectivity index (χ1n) is 9.79. The molecule has 5 atom stereocenters. The number of carbonyl (C=O) groups excluding carboxylic acids is 5. The first kappa shape index (κ1) is 28.7. The molecule has 32 heavy (non-hydrogen) atoms. The van der Waals surface area contributed by atoms with Gasteiger partial charge in [-0.25, -0.2) is 4.79 Å². The SMILES string of the molecule is CC(C)CC(NC(=O)C(CC(N)=O)NC(=O)C(NC(=O)C(N)CC(N)=O)C(C)O)C(=O)O. The maximum Gasteiger partial charge on any atom is 0.326 e. The van der Waals surface area contributed by atoms with Gasteiger partial charge in [0.1, 0.15) is 18.1 Å². The highest BCUT2D eigenvalue weighted by molar-refractivity contribution is 5.96. The molecule has 5 amide bonds. The first-order chi connectivity index (χ1) is 14.6. The number of nitrogens with one attached hydrogen (secondary N) is 3. The molecular weight excluding hydrogens is 428 g/mol. The van der Waals surface area contributed by atoms with Crippen molar-refractivity contribution in [2.45, 2.75) is 70.3 Å². The van der Waals surface area contributed by atoms with E-state index in [0.29, 0.717) is 0 Å². The average molecular weight is 460 g/mol. The number of carboxylic acids is 1. The number of aliphatic carboxylic acids is 1. The summed E-state index contributed by atoms with van der Waals surface area (Å²) < 4.78 is 0. The number of primary amides is 2. The van der Waals surface area contributed by atoms with Crippen LogP contribution in [0.5, 0.6) is 0 Å². The zero-order valence-electron chi connectivity index (χ0n) is 18.2. The van der Waals surface area contributed by atoms with Crippen LogP contribution in [0.3, 0.4) is 0 Å². The fourth-order valence-corrected chi connectivity index (χ4v) is 2.61. The highest BCUT2D eigenvalue weighted by Gasteiger charge is 2.33. The maximum absolute atomic E-state index is 12.6. The van der Waals surface area contributed by atoms with Gasteiger partial charge in [-0.05, 0) is 19.3 Å². The summed E-state index contributed by atoms with van der Waals surface area (Å²) in [6.07, 6.45) is -2.57. The van der Waals surface area contributed by atoms with Gasteiger partial charge in [-0.2, -0.15) is 0 Å². The maximum atomic E-state index is 12.6. The van der Waals surface area contributed by atoms with Crippen LogP contribution < -0.4 is 33.2 Å². The smallest absolute Gasteiger partial charge is 0.326 e. The van der Waals surface area contributed by atoms with Gasteiger partial charge in [0, 0.05) is 0 Å². The van der Waals surface area contributed by atoms with E-state index in [1.807, 2.05) is 0 Å². The van der Waals surface area contributed by atoms with Gasteiger partial charge >= 0.3 is 5.97 Å². The zero-order chi connectivity index (χ0) is 25.2. The minimum atomic E-state index is -1.62. The van der Waals surface area contributed by atoms with Gasteiger partial charge in [-0.1, -0.05) is 13.8 Å². The molecule has 11 N–H and O–H groups in total. The fraction of sp³-hybridized carbons (Fsp3) is 0.667. The number of amides is 5. The molecule has 0 bridgehead atoms. The van der Waals surface area contributed by atoms with Gasteiger partial charge in [0.25, 0.3) is 0 Å². The van der Waals surface area contributed by atoms with E-state index in [2.05, 4.69) is 16.0 Å². The van der Waals surface area contributed by atoms with Crippen LogP contribution in [0.25, 0.3) is 0 Å². The van der Waals surface area contributed by atoms with Crippen molar-refractivity contribution in [1.82, 2.24) is 16.0 Å². The van der Waals surface area contributed by atoms with E-state index >= 15 is 0 Å². The monoisotopic (exact) mass is 460 g/mol. The summed E-state index contributed by atoms with van der Waals surface area (Å²) in [6, 6.07) is -5.87. The molecule has 0 rings (SSSR count). The Morgan fingerprint density at radius 1 is 0.781 bits per heavy atom. The van der Waals surface area contributed by atoms with Crippen molar-refractivity contribution in [3.63, 3.8) is 0 Å². The second-order valence-electron chi connectivity index (χ2n) is 7.76. The Balaban J connectivity index is 5.47. The van der Waals surface area contributed by atoms with Gasteiger partial charge < -0.3 is 43.4 Å². The van der Waals surface area contributed by atoms with Gasteiger partial charge in [0.2, 0.25) is 29.5 Å². The summed E-state index contributed by atoms with van der Waals surface area (Å²) in [6.45, 7) is 4.64. The number of carboxylic acid groups (broad SMARTS) is 1. The summed E-state index contributed by atoms with van der Waals surface area (Å²) >= 11 is 0. The normalized spacial score (nSPS) is 15.6. The molecule has 14 heteroatoms. The molecule has 0 radical (unpaired) electrons. The molecule has 182 valence electrons. The largest absolute Gasteiger partial charge is 0.480 e. The lowest BCUT2D eigenvalue weighted by Crippen LogP contribution is -2.60. The molecule has 0 aliphatic carbocycles. The van der Waals surface area contributed by atoms with E-state index in [9.17, 15) is 39.0 Å². The second kappa shape index (κ2) is 13.2. The molecule has 0 saturated carbocycles. The van der Waals surface area contributed by atoms with Crippen molar-refractivity contribution in [3.05, 3.63) is 0 Å². The molecule has 0 aliphatic rings. The van der Waals surface area contributed by atoms with Crippen LogP contribution in [0.4, 0.5) is 0 Å². The minimum Gasteiger partial charge on any atom is -0.480 e. The predicted octanol–water partition coefficient (Wildman–Crippen LogP) is -3.97. The number of aliphatic hydroxyl groups excluding tert-OH is 1. The zero-order valence-corrected chi connectivity index (χ0v) is 18.2. The number of carbonyl (C=O) groups is 6. The number of nitrogens with two attached hydrogens (primary N) is 3. The van der Waals surface area contributed by atoms with Crippen LogP contribution >= 0.6 is 0 Å². The molecule has 5 unspecified atom stereocenters. The number of aliphatic hydroxyl groups is 1. The van der Waals surface area contributed by atoms with Crippen molar-refractivity contribution in [1.29, 1.82) is 0 Å². The number of rotatable bonds is 14. The summed E-state index contributed by atoms with van der Waals surface area (Å²) in [5.74, 6) is -6.26. The molecule has 14 nitrogen and oxygen atoms in total. The quantitative estimate of drug-likeness (QED) is 0.125. The van der Waals surface area contributed by atoms with Crippen LogP contribution in [0.1, 0.15) is 40.0 Å². The van der Waals surface area contributed by atoms with E-state index < -0.39 is 78.6 Å². The summed E-state index contributed by atoms with van der Waals surface area (Å²) in [7, 11) is 0. The van der Waals surface area contributed by atoms with Gasteiger partial charge in [-0.15, -0.1) is 0 Å². The summed E-state index contributed by atoms with van der Waals surface area (Å²) in [5, 5.41) is 25.7. The lowest BCUT2D eigenvalue weighted by molar-refractivity contribution is -0.143. The number of hydrogen-bond acceptors (Lipinski definition) is 8. The van der Waals surface area contributed by atoms with Crippen molar-refractivity contribution in [3.8, 4) is 0 Å². The third kappa shape index (κ3) is 10.7. The molecule has 0 spiro atoms. The Morgan fingerprint density at radius 3 is 1.69 bits per heavy atom. The standard InChI is InChI=1S/C18H32N6O8/c1-7(2)4-11(18(31)32)23-16(29)10(6-13(21)27)22-17(30)14(8(3)25)24-15(28)9(19)5-12(20)26/h7-11,14,25H,4-6,19H2,1-3H3,(H2,20,26)(H2,21,27)(H,22,30)(H,23,29)(H,24,28)(H,31,32). The van der Waals surface area contributed by atoms with Crippen molar-refractivity contribution in [2.24, 2.45) is 23.1 Å². The average Bonchev–Trinajstić information content (AvgIpc) is 2.62. The van der Waals surface area contributed by atoms with E-state index in [0.717, 1.165) is 6.92 Å². The molecule has 0 heterocycles. The van der Waals surface area contributed by atoms with Crippen molar-refractivity contribution in [2.75, 3.05) is 0 Å². The molecule has 0 fully saturated rings. The van der Waals surface area contributed by atoms with Crippen LogP contribution in [0, 0.1) is 5.92 Å². The topological polar surface area (TPSA) is 257 Å². The summed E-state index contributed by atoms with van der Waals surface area (Å²) in [5.41, 5.74) is 15.6. The van der Waals surface area contributed by atoms with Gasteiger partial charge in [-0.3, -0.25) is 24.0 Å². The highest BCUT2D eigenvalue weighted by atomic mass is 16.4. The van der Waals surface area contributed by atoms with Gasteiger partial charge in [0.05, 0.1) is 25.0 Å². The third-order valence-corrected chi connectivity index (χ3v) is 4.18. The molecule has 0 aliphatic heterocycles. The Labute approximate surface area is 184 Å². The lowest BCUT2D eigenvalue weighted by atomic mass is 10.0. The van der Waals surface area contributed by atoms with Crippen molar-refractivity contribution >= 4 is 35.5 Å². The van der Waals surface area contributed by atoms with Crippen LogP contribution in [0.15, 0.2) is 0 Å². The molecule has 0 saturated heterocycles. The lowest BCUT2D eigenvalue weighted by Gasteiger charge is -2.26. The van der Waals surface area contributed by atoms with E-state index in [1.54, 1.807) is 13.8 Å². The predicted molar refractivity (Wildman–Crippen MR) is 110 cm³/mol. The second-order valence-corrected chi connectivity index (χ2v) is 7.76. The van der Waals surface area contributed by atoms with E-state index in [-0.39, 0.29) is 12.3 Å². The minimum absolute atomic E-state index is 0.0833. The first-order valence-corrected chi connectivity index (χ1v) is 9.79. The van der Waals surface area contributed by atoms with E-state index in [1.165, 1.54) is 0 Å².